The number of hydrogen-bond donors (Lipinski definition) is 1. The number of nitrogens with one attached hydrogen (secondary N) is 1. The van der Waals surface area contributed by atoms with Gasteiger partial charge in [0.05, 0.1) is 34.8 Å². The first-order chi connectivity index (χ1) is 18.5. The number of methoxy groups -OCH3 is 1. The zero-order valence-corrected chi connectivity index (χ0v) is 22.8. The second kappa shape index (κ2) is 11.0. The molecular weight excluding hydrogens is 503 g/mol. The fourth-order valence-corrected chi connectivity index (χ4v) is 4.32. The molecule has 0 amide bonds. The van der Waals surface area contributed by atoms with E-state index in [1.165, 1.54) is 25.4 Å². The van der Waals surface area contributed by atoms with Crippen LogP contribution in [0.3, 0.4) is 0 Å². The van der Waals surface area contributed by atoms with Crippen LogP contribution in [0.5, 0.6) is 5.75 Å². The molecule has 0 spiro atoms. The highest BCUT2D eigenvalue weighted by molar-refractivity contribution is 5.77. The van der Waals surface area contributed by atoms with Crippen LogP contribution in [0.15, 0.2) is 43.2 Å². The molecule has 1 aromatic carbocycles. The number of pyridine rings is 1. The molecule has 39 heavy (non-hydrogen) atoms. The van der Waals surface area contributed by atoms with E-state index in [-0.39, 0.29) is 17.3 Å². The number of rotatable bonds is 10. The van der Waals surface area contributed by atoms with Crippen molar-refractivity contribution in [1.82, 2.24) is 24.3 Å². The highest BCUT2D eigenvalue weighted by Gasteiger charge is 2.23. The van der Waals surface area contributed by atoms with Gasteiger partial charge >= 0.3 is 0 Å². The van der Waals surface area contributed by atoms with Crippen LogP contribution in [0.4, 0.5) is 27.4 Å². The first kappa shape index (κ1) is 27.5. The van der Waals surface area contributed by atoms with E-state index in [1.54, 1.807) is 36.7 Å². The summed E-state index contributed by atoms with van der Waals surface area (Å²) in [5.74, 6) is 0.0486. The van der Waals surface area contributed by atoms with Gasteiger partial charge in [-0.3, -0.25) is 14.5 Å². The van der Waals surface area contributed by atoms with Crippen LogP contribution in [-0.2, 0) is 0 Å². The number of fused-ring (bicyclic) bond motifs is 1. The largest absolute Gasteiger partial charge is 0.494 e. The first-order valence-corrected chi connectivity index (χ1v) is 12.2. The average Bonchev–Trinajstić information content (AvgIpc) is 3.23. The van der Waals surface area contributed by atoms with Crippen molar-refractivity contribution in [3.63, 3.8) is 0 Å². The molecule has 3 heterocycles. The predicted molar refractivity (Wildman–Crippen MR) is 150 cm³/mol. The van der Waals surface area contributed by atoms with Gasteiger partial charge < -0.3 is 19.9 Å². The van der Waals surface area contributed by atoms with Crippen LogP contribution >= 0.6 is 0 Å². The summed E-state index contributed by atoms with van der Waals surface area (Å²) < 4.78 is 22.2. The molecule has 0 saturated heterocycles. The third-order valence-corrected chi connectivity index (χ3v) is 6.24. The number of aryl methyl sites for hydroxylation is 1. The smallest absolute Gasteiger partial charge is 0.294 e. The molecule has 1 N–H and O–H groups in total. The van der Waals surface area contributed by atoms with E-state index in [2.05, 4.69) is 26.8 Å². The molecule has 11 nitrogen and oxygen atoms in total. The molecule has 0 aliphatic heterocycles. The van der Waals surface area contributed by atoms with Gasteiger partial charge in [0, 0.05) is 50.2 Å². The molecule has 12 heteroatoms. The molecule has 3 aromatic heterocycles. The maximum absolute atomic E-state index is 15.0. The van der Waals surface area contributed by atoms with Gasteiger partial charge in [-0.1, -0.05) is 6.58 Å². The standard InChI is InChI=1S/C27H31FN8O3/c1-16(2)25-17(3)30-26-19(28)12-18(15-35(25)26)20-8-9-29-27(31-20)32-21-13-23(36(37)38)22(14-24(21)39-7)34(6)11-10-33(4)5/h8-9,12-15H,1,10-11H2,2-7H3,(H,29,31,32). The molecule has 0 aliphatic rings. The van der Waals surface area contributed by atoms with Crippen LogP contribution in [-0.4, -0.2) is 70.5 Å². The van der Waals surface area contributed by atoms with Crippen molar-refractivity contribution in [3.05, 3.63) is 70.6 Å². The minimum absolute atomic E-state index is 0.0916. The number of imidazole rings is 1. The molecule has 0 radical (unpaired) electrons. The van der Waals surface area contributed by atoms with Crippen molar-refractivity contribution in [1.29, 1.82) is 0 Å². The zero-order valence-electron chi connectivity index (χ0n) is 22.8. The fourth-order valence-electron chi connectivity index (χ4n) is 4.32. The lowest BCUT2D eigenvalue weighted by Crippen LogP contribution is -2.28. The molecule has 4 aromatic rings. The molecule has 0 aliphatic carbocycles. The van der Waals surface area contributed by atoms with Crippen molar-refractivity contribution < 1.29 is 14.1 Å². The number of anilines is 3. The van der Waals surface area contributed by atoms with E-state index in [0.29, 0.717) is 40.6 Å². The third kappa shape index (κ3) is 5.65. The van der Waals surface area contributed by atoms with Gasteiger partial charge in [-0.25, -0.2) is 19.3 Å². The van der Waals surface area contributed by atoms with Gasteiger partial charge in [0.25, 0.3) is 5.69 Å². The molecular formula is C27H31FN8O3. The van der Waals surface area contributed by atoms with Crippen LogP contribution in [0.2, 0.25) is 0 Å². The number of halogens is 1. The third-order valence-electron chi connectivity index (χ3n) is 6.24. The molecule has 204 valence electrons. The number of nitro benzene ring substituents is 1. The monoisotopic (exact) mass is 534 g/mol. The molecule has 4 rings (SSSR count). The lowest BCUT2D eigenvalue weighted by atomic mass is 10.2. The lowest BCUT2D eigenvalue weighted by molar-refractivity contribution is -0.384. The second-order valence-electron chi connectivity index (χ2n) is 9.51. The fraction of sp³-hybridized carbons (Fsp3) is 0.296. The lowest BCUT2D eigenvalue weighted by Gasteiger charge is -2.22. The SMILES string of the molecule is C=C(C)c1c(C)nc2c(F)cc(-c3ccnc(Nc4cc([N+](=O)[O-])c(N(C)CCN(C)C)cc4OC)n3)cn12. The number of nitrogens with zero attached hydrogens (tertiary/aromatic N) is 7. The number of allylic oxidation sites excluding steroid dienone is 1. The Labute approximate surface area is 225 Å². The normalized spacial score (nSPS) is 11.2. The molecule has 0 unspecified atom stereocenters. The van der Waals surface area contributed by atoms with Crippen LogP contribution < -0.4 is 15.0 Å². The number of nitro groups is 1. The number of likely N-dealkylation sites (N-methyl/N-ethyl adjacent to an activating group) is 2. The first-order valence-electron chi connectivity index (χ1n) is 12.2. The highest BCUT2D eigenvalue weighted by Crippen LogP contribution is 2.39. The van der Waals surface area contributed by atoms with E-state index < -0.39 is 10.7 Å². The van der Waals surface area contributed by atoms with Gasteiger partial charge in [0.15, 0.2) is 11.5 Å². The summed E-state index contributed by atoms with van der Waals surface area (Å²) in [7, 11) is 7.15. The quantitative estimate of drug-likeness (QED) is 0.223. The zero-order chi connectivity index (χ0) is 28.4. The molecule has 0 bridgehead atoms. The molecule has 0 saturated carbocycles. The Hall–Kier alpha value is -4.58. The van der Waals surface area contributed by atoms with Crippen LogP contribution in [0.25, 0.3) is 22.5 Å². The second-order valence-corrected chi connectivity index (χ2v) is 9.51. The number of ether oxygens (including phenoxy) is 1. The summed E-state index contributed by atoms with van der Waals surface area (Å²) >= 11 is 0. The Morgan fingerprint density at radius 3 is 2.62 bits per heavy atom. The van der Waals surface area contributed by atoms with Gasteiger partial charge in [-0.15, -0.1) is 0 Å². The van der Waals surface area contributed by atoms with Crippen molar-refractivity contribution in [2.45, 2.75) is 13.8 Å². The predicted octanol–water partition coefficient (Wildman–Crippen LogP) is 4.93. The average molecular weight is 535 g/mol. The van der Waals surface area contributed by atoms with E-state index >= 15 is 0 Å². The van der Waals surface area contributed by atoms with Crippen LogP contribution in [0, 0.1) is 22.9 Å². The Balaban J connectivity index is 1.72. The van der Waals surface area contributed by atoms with E-state index in [1.807, 2.05) is 30.8 Å². The Morgan fingerprint density at radius 1 is 1.23 bits per heavy atom. The number of benzene rings is 1. The topological polar surface area (TPSA) is 114 Å². The molecule has 0 atom stereocenters. The summed E-state index contributed by atoms with van der Waals surface area (Å²) in [4.78, 5) is 28.4. The Bertz CT molecular complexity index is 1570. The van der Waals surface area contributed by atoms with Crippen molar-refractivity contribution >= 4 is 34.2 Å². The van der Waals surface area contributed by atoms with Crippen LogP contribution in [0.1, 0.15) is 18.3 Å². The minimum Gasteiger partial charge on any atom is -0.494 e. The number of aromatic nitrogens is 4. The van der Waals surface area contributed by atoms with Crippen molar-refractivity contribution in [3.8, 4) is 17.0 Å². The molecule has 0 fully saturated rings. The summed E-state index contributed by atoms with van der Waals surface area (Å²) in [6.45, 7) is 8.93. The van der Waals surface area contributed by atoms with E-state index in [0.717, 1.165) is 17.8 Å². The van der Waals surface area contributed by atoms with E-state index in [9.17, 15) is 14.5 Å². The summed E-state index contributed by atoms with van der Waals surface area (Å²) in [6.07, 6.45) is 3.27. The van der Waals surface area contributed by atoms with E-state index in [4.69, 9.17) is 4.74 Å². The summed E-state index contributed by atoms with van der Waals surface area (Å²) in [5, 5.41) is 15.0. The summed E-state index contributed by atoms with van der Waals surface area (Å²) in [6, 6.07) is 6.03. The minimum atomic E-state index is -0.498. The summed E-state index contributed by atoms with van der Waals surface area (Å²) in [5.41, 5.74) is 3.96. The number of hydrogen-bond acceptors (Lipinski definition) is 9. The Morgan fingerprint density at radius 2 is 1.97 bits per heavy atom. The Kier molecular flexibility index (Phi) is 7.77. The highest BCUT2D eigenvalue weighted by atomic mass is 19.1. The van der Waals surface area contributed by atoms with Gasteiger partial charge in [0.2, 0.25) is 5.95 Å². The van der Waals surface area contributed by atoms with Crippen molar-refractivity contribution in [2.75, 3.05) is 51.6 Å². The maximum atomic E-state index is 15.0. The van der Waals surface area contributed by atoms with Gasteiger partial charge in [-0.05, 0) is 45.6 Å². The van der Waals surface area contributed by atoms with Gasteiger partial charge in [0.1, 0.15) is 11.4 Å². The van der Waals surface area contributed by atoms with Gasteiger partial charge in [-0.2, -0.15) is 0 Å². The maximum Gasteiger partial charge on any atom is 0.294 e. The van der Waals surface area contributed by atoms with Crippen molar-refractivity contribution in [2.24, 2.45) is 0 Å².